The minimum absolute atomic E-state index is 0.0447. The van der Waals surface area contributed by atoms with Crippen LogP contribution in [0, 0.1) is 0 Å². The van der Waals surface area contributed by atoms with E-state index >= 15 is 0 Å². The Hall–Kier alpha value is -0.870. The molecule has 0 unspecified atom stereocenters. The third-order valence-corrected chi connectivity index (χ3v) is 3.19. The molecular weight excluding hydrogens is 270 g/mol. The summed E-state index contributed by atoms with van der Waals surface area (Å²) in [5, 5.41) is 0. The fraction of sp³-hybridized carbons (Fsp3) is 0.417. The molecule has 0 bridgehead atoms. The first-order chi connectivity index (χ1) is 7.72. The highest BCUT2D eigenvalue weighted by molar-refractivity contribution is 9.10. The summed E-state index contributed by atoms with van der Waals surface area (Å²) in [4.78, 5) is 13.6. The first-order valence-electron chi connectivity index (χ1n) is 5.39. The van der Waals surface area contributed by atoms with Gasteiger partial charge in [0.05, 0.1) is 6.61 Å². The molecule has 1 aromatic rings. The molecule has 0 radical (unpaired) electrons. The number of anilines is 1. The van der Waals surface area contributed by atoms with E-state index in [9.17, 15) is 4.79 Å². The van der Waals surface area contributed by atoms with Gasteiger partial charge in [0.1, 0.15) is 6.61 Å². The Morgan fingerprint density at radius 3 is 3.00 bits per heavy atom. The molecule has 3 nitrogen and oxygen atoms in total. The predicted octanol–water partition coefficient (Wildman–Crippen LogP) is 2.37. The Morgan fingerprint density at radius 1 is 1.50 bits per heavy atom. The zero-order valence-electron chi connectivity index (χ0n) is 9.20. The van der Waals surface area contributed by atoms with Crippen molar-refractivity contribution in [2.45, 2.75) is 13.3 Å². The number of amides is 1. The highest BCUT2D eigenvalue weighted by Crippen LogP contribution is 2.26. The molecule has 1 fully saturated rings. The highest BCUT2D eigenvalue weighted by Gasteiger charge is 2.21. The van der Waals surface area contributed by atoms with Gasteiger partial charge in [0.25, 0.3) is 5.91 Å². The zero-order chi connectivity index (χ0) is 11.5. The second kappa shape index (κ2) is 4.97. The number of morpholine rings is 1. The van der Waals surface area contributed by atoms with Gasteiger partial charge >= 0.3 is 0 Å². The Labute approximate surface area is 104 Å². The number of carbonyl (C=O) groups excluding carboxylic acids is 1. The third kappa shape index (κ3) is 2.28. The Kier molecular flexibility index (Phi) is 3.61. The van der Waals surface area contributed by atoms with Crippen molar-refractivity contribution in [2.24, 2.45) is 0 Å². The van der Waals surface area contributed by atoms with Gasteiger partial charge in [0.2, 0.25) is 0 Å². The van der Waals surface area contributed by atoms with Crippen LogP contribution in [0.5, 0.6) is 0 Å². The maximum Gasteiger partial charge on any atom is 0.253 e. The number of halogens is 1. The van der Waals surface area contributed by atoms with Crippen molar-refractivity contribution >= 4 is 27.5 Å². The van der Waals surface area contributed by atoms with E-state index in [4.69, 9.17) is 4.74 Å². The molecule has 1 aromatic carbocycles. The van der Waals surface area contributed by atoms with Gasteiger partial charge in [-0.15, -0.1) is 0 Å². The maximum atomic E-state index is 11.7. The first kappa shape index (κ1) is 11.6. The second-order valence-corrected chi connectivity index (χ2v) is 4.64. The van der Waals surface area contributed by atoms with E-state index in [1.807, 2.05) is 17.0 Å². The summed E-state index contributed by atoms with van der Waals surface area (Å²) in [5.41, 5.74) is 2.20. The predicted molar refractivity (Wildman–Crippen MR) is 66.7 cm³/mol. The SMILES string of the molecule is CCc1cc(Br)ccc1N1CCOCC1=O. The lowest BCUT2D eigenvalue weighted by Crippen LogP contribution is -2.42. The van der Waals surface area contributed by atoms with Crippen LogP contribution in [-0.2, 0) is 16.0 Å². The van der Waals surface area contributed by atoms with Crippen LogP contribution in [0.15, 0.2) is 22.7 Å². The molecule has 1 saturated heterocycles. The second-order valence-electron chi connectivity index (χ2n) is 3.72. The van der Waals surface area contributed by atoms with Gasteiger partial charge in [0, 0.05) is 16.7 Å². The van der Waals surface area contributed by atoms with Crippen LogP contribution < -0.4 is 4.90 Å². The van der Waals surface area contributed by atoms with Crippen LogP contribution >= 0.6 is 15.9 Å². The number of hydrogen-bond donors (Lipinski definition) is 0. The highest BCUT2D eigenvalue weighted by atomic mass is 79.9. The van der Waals surface area contributed by atoms with Crippen molar-refractivity contribution in [1.82, 2.24) is 0 Å². The maximum absolute atomic E-state index is 11.7. The average molecular weight is 284 g/mol. The summed E-state index contributed by atoms with van der Waals surface area (Å²) in [7, 11) is 0. The van der Waals surface area contributed by atoms with E-state index in [1.165, 1.54) is 5.56 Å². The molecular formula is C12H14BrNO2. The summed E-state index contributed by atoms with van der Waals surface area (Å²) in [6.07, 6.45) is 0.916. The molecule has 0 N–H and O–H groups in total. The van der Waals surface area contributed by atoms with E-state index in [0.29, 0.717) is 13.2 Å². The first-order valence-corrected chi connectivity index (χ1v) is 6.18. The quantitative estimate of drug-likeness (QED) is 0.834. The summed E-state index contributed by atoms with van der Waals surface area (Å²) < 4.78 is 6.18. The van der Waals surface area contributed by atoms with Crippen molar-refractivity contribution in [1.29, 1.82) is 0 Å². The van der Waals surface area contributed by atoms with Gasteiger partial charge < -0.3 is 9.64 Å². The summed E-state index contributed by atoms with van der Waals surface area (Å²) in [5.74, 6) is 0.0447. The Balaban J connectivity index is 2.34. The number of aryl methyl sites for hydroxylation is 1. The topological polar surface area (TPSA) is 29.5 Å². The third-order valence-electron chi connectivity index (χ3n) is 2.70. The van der Waals surface area contributed by atoms with Gasteiger partial charge in [-0.1, -0.05) is 22.9 Å². The molecule has 4 heteroatoms. The largest absolute Gasteiger partial charge is 0.370 e. The Bertz CT molecular complexity index is 406. The van der Waals surface area contributed by atoms with Crippen molar-refractivity contribution in [3.8, 4) is 0 Å². The lowest BCUT2D eigenvalue weighted by atomic mass is 10.1. The molecule has 1 amide bonds. The van der Waals surface area contributed by atoms with Gasteiger partial charge in [0.15, 0.2) is 0 Å². The van der Waals surface area contributed by atoms with E-state index in [2.05, 4.69) is 28.9 Å². The molecule has 1 heterocycles. The number of ether oxygens (including phenoxy) is 1. The smallest absolute Gasteiger partial charge is 0.253 e. The van der Waals surface area contributed by atoms with E-state index in [1.54, 1.807) is 0 Å². The number of benzene rings is 1. The van der Waals surface area contributed by atoms with E-state index < -0.39 is 0 Å². The number of rotatable bonds is 2. The van der Waals surface area contributed by atoms with Crippen LogP contribution in [0.25, 0.3) is 0 Å². The molecule has 0 spiro atoms. The van der Waals surface area contributed by atoms with Crippen LogP contribution in [0.1, 0.15) is 12.5 Å². The fourth-order valence-corrected chi connectivity index (χ4v) is 2.28. The molecule has 2 rings (SSSR count). The molecule has 0 saturated carbocycles. The number of hydrogen-bond acceptors (Lipinski definition) is 2. The molecule has 1 aliphatic rings. The molecule has 0 aromatic heterocycles. The molecule has 0 aliphatic carbocycles. The molecule has 0 atom stereocenters. The van der Waals surface area contributed by atoms with Gasteiger partial charge in [-0.25, -0.2) is 0 Å². The van der Waals surface area contributed by atoms with Crippen molar-refractivity contribution in [3.63, 3.8) is 0 Å². The van der Waals surface area contributed by atoms with Gasteiger partial charge in [-0.3, -0.25) is 4.79 Å². The molecule has 86 valence electrons. The van der Waals surface area contributed by atoms with Crippen LogP contribution in [0.4, 0.5) is 5.69 Å². The van der Waals surface area contributed by atoms with E-state index in [0.717, 1.165) is 16.6 Å². The van der Waals surface area contributed by atoms with Gasteiger partial charge in [-0.05, 0) is 30.2 Å². The normalized spacial score (nSPS) is 16.6. The number of nitrogens with zero attached hydrogens (tertiary/aromatic N) is 1. The summed E-state index contributed by atoms with van der Waals surface area (Å²) >= 11 is 3.45. The van der Waals surface area contributed by atoms with Crippen LogP contribution in [0.3, 0.4) is 0 Å². The van der Waals surface area contributed by atoms with Crippen LogP contribution in [-0.4, -0.2) is 25.7 Å². The molecule has 16 heavy (non-hydrogen) atoms. The number of carbonyl (C=O) groups is 1. The van der Waals surface area contributed by atoms with Crippen LogP contribution in [0.2, 0.25) is 0 Å². The summed E-state index contributed by atoms with van der Waals surface area (Å²) in [6, 6.07) is 6.03. The molecule has 1 aliphatic heterocycles. The summed E-state index contributed by atoms with van der Waals surface area (Å²) in [6.45, 7) is 3.55. The standard InChI is InChI=1S/C12H14BrNO2/c1-2-9-7-10(13)3-4-11(9)14-5-6-16-8-12(14)15/h3-4,7H,2,5-6,8H2,1H3. The zero-order valence-corrected chi connectivity index (χ0v) is 10.8. The van der Waals surface area contributed by atoms with Crippen molar-refractivity contribution in [3.05, 3.63) is 28.2 Å². The lowest BCUT2D eigenvalue weighted by molar-refractivity contribution is -0.125. The minimum Gasteiger partial charge on any atom is -0.370 e. The minimum atomic E-state index is 0.0447. The lowest BCUT2D eigenvalue weighted by Gasteiger charge is -2.28. The average Bonchev–Trinajstić information content (AvgIpc) is 2.30. The van der Waals surface area contributed by atoms with Crippen molar-refractivity contribution < 1.29 is 9.53 Å². The fourth-order valence-electron chi connectivity index (χ4n) is 1.87. The van der Waals surface area contributed by atoms with E-state index in [-0.39, 0.29) is 12.5 Å². The van der Waals surface area contributed by atoms with Crippen molar-refractivity contribution in [2.75, 3.05) is 24.7 Å². The van der Waals surface area contributed by atoms with Gasteiger partial charge in [-0.2, -0.15) is 0 Å². The Morgan fingerprint density at radius 2 is 2.31 bits per heavy atom. The monoisotopic (exact) mass is 283 g/mol.